The SMILES string of the molecule is Cc1ccc([C@@H](CO)n2ccc(C3=CCN=C(Nc4ccnn4C)N3)cc2=O)cc1F. The average molecular weight is 422 g/mol. The lowest BCUT2D eigenvalue weighted by Crippen LogP contribution is -2.33. The van der Waals surface area contributed by atoms with Crippen molar-refractivity contribution >= 4 is 17.5 Å². The van der Waals surface area contributed by atoms with E-state index in [-0.39, 0.29) is 18.0 Å². The summed E-state index contributed by atoms with van der Waals surface area (Å²) in [5.74, 6) is 0.956. The topological polar surface area (TPSA) is 96.5 Å². The van der Waals surface area contributed by atoms with Crippen LogP contribution in [0.25, 0.3) is 5.70 Å². The van der Waals surface area contributed by atoms with E-state index in [4.69, 9.17) is 0 Å². The zero-order chi connectivity index (χ0) is 22.0. The second-order valence-corrected chi connectivity index (χ2v) is 7.27. The van der Waals surface area contributed by atoms with Gasteiger partial charge >= 0.3 is 0 Å². The number of hydrogen-bond acceptors (Lipinski definition) is 6. The zero-order valence-electron chi connectivity index (χ0n) is 17.2. The van der Waals surface area contributed by atoms with Gasteiger partial charge in [0.15, 0.2) is 0 Å². The quantitative estimate of drug-likeness (QED) is 0.585. The Morgan fingerprint density at radius 3 is 2.81 bits per heavy atom. The van der Waals surface area contributed by atoms with Gasteiger partial charge in [-0.3, -0.25) is 9.48 Å². The summed E-state index contributed by atoms with van der Waals surface area (Å²) in [4.78, 5) is 17.2. The zero-order valence-corrected chi connectivity index (χ0v) is 17.2. The van der Waals surface area contributed by atoms with Crippen LogP contribution in [0.2, 0.25) is 0 Å². The summed E-state index contributed by atoms with van der Waals surface area (Å²) < 4.78 is 17.1. The average Bonchev–Trinajstić information content (AvgIpc) is 3.16. The Hall–Kier alpha value is -3.72. The summed E-state index contributed by atoms with van der Waals surface area (Å²) in [7, 11) is 1.82. The van der Waals surface area contributed by atoms with Crippen LogP contribution in [-0.2, 0) is 7.05 Å². The lowest BCUT2D eigenvalue weighted by Gasteiger charge is -2.21. The van der Waals surface area contributed by atoms with Crippen LogP contribution in [0.1, 0.15) is 22.7 Å². The van der Waals surface area contributed by atoms with Gasteiger partial charge in [-0.15, -0.1) is 0 Å². The van der Waals surface area contributed by atoms with Gasteiger partial charge in [-0.2, -0.15) is 5.10 Å². The highest BCUT2D eigenvalue weighted by Gasteiger charge is 2.17. The molecule has 4 rings (SSSR count). The lowest BCUT2D eigenvalue weighted by molar-refractivity contribution is 0.246. The molecule has 0 saturated heterocycles. The monoisotopic (exact) mass is 422 g/mol. The minimum Gasteiger partial charge on any atom is -0.394 e. The van der Waals surface area contributed by atoms with Gasteiger partial charge in [-0.1, -0.05) is 12.1 Å². The van der Waals surface area contributed by atoms with Gasteiger partial charge in [0.2, 0.25) is 5.96 Å². The highest BCUT2D eigenvalue weighted by molar-refractivity contribution is 5.99. The van der Waals surface area contributed by atoms with E-state index in [1.165, 1.54) is 16.7 Å². The predicted octanol–water partition coefficient (Wildman–Crippen LogP) is 2.02. The Morgan fingerprint density at radius 2 is 2.13 bits per heavy atom. The van der Waals surface area contributed by atoms with Crippen LogP contribution in [-0.4, -0.2) is 38.6 Å². The Labute approximate surface area is 178 Å². The van der Waals surface area contributed by atoms with Gasteiger partial charge in [0.1, 0.15) is 11.6 Å². The fourth-order valence-electron chi connectivity index (χ4n) is 3.41. The fourth-order valence-corrected chi connectivity index (χ4v) is 3.41. The normalized spacial score (nSPS) is 14.5. The van der Waals surface area contributed by atoms with Crippen molar-refractivity contribution in [3.05, 3.63) is 87.7 Å². The van der Waals surface area contributed by atoms with Crippen molar-refractivity contribution in [2.45, 2.75) is 13.0 Å². The molecule has 0 aliphatic carbocycles. The minimum absolute atomic E-state index is 0.302. The number of aliphatic hydroxyl groups excluding tert-OH is 1. The molecule has 1 aliphatic rings. The third-order valence-corrected chi connectivity index (χ3v) is 5.21. The van der Waals surface area contributed by atoms with Crippen molar-refractivity contribution in [1.82, 2.24) is 19.7 Å². The molecule has 1 atom stereocenters. The van der Waals surface area contributed by atoms with Crippen LogP contribution in [0.15, 0.2) is 64.7 Å². The third-order valence-electron chi connectivity index (χ3n) is 5.21. The molecule has 160 valence electrons. The Bertz CT molecular complexity index is 1230. The van der Waals surface area contributed by atoms with E-state index in [9.17, 15) is 14.3 Å². The summed E-state index contributed by atoms with van der Waals surface area (Å²) in [6.07, 6.45) is 5.17. The van der Waals surface area contributed by atoms with E-state index in [2.05, 4.69) is 20.7 Å². The molecule has 2 aromatic heterocycles. The van der Waals surface area contributed by atoms with Gasteiger partial charge in [-0.05, 0) is 36.3 Å². The van der Waals surface area contributed by atoms with Crippen LogP contribution < -0.4 is 16.2 Å². The number of halogens is 1. The number of aryl methyl sites for hydroxylation is 2. The molecule has 3 aromatic rings. The van der Waals surface area contributed by atoms with Gasteiger partial charge in [0.05, 0.1) is 25.4 Å². The van der Waals surface area contributed by atoms with Gasteiger partial charge < -0.3 is 20.3 Å². The summed E-state index contributed by atoms with van der Waals surface area (Å²) >= 11 is 0. The number of rotatable bonds is 5. The standard InChI is InChI=1S/C22H23FN6O2/c1-14-3-4-16(11-17(14)23)19(13-30)29-10-7-15(12-21(29)31)18-5-8-24-22(26-18)27-20-6-9-25-28(20)2/h3-7,9-12,19,30H,8,13H2,1-2H3,(H2,24,26,27)/t19-/m1/s1. The highest BCUT2D eigenvalue weighted by atomic mass is 19.1. The maximum atomic E-state index is 14.0. The molecule has 0 radical (unpaired) electrons. The van der Waals surface area contributed by atoms with Crippen molar-refractivity contribution in [2.24, 2.45) is 12.0 Å². The molecular formula is C22H23FN6O2. The molecule has 0 bridgehead atoms. The number of benzene rings is 1. The minimum atomic E-state index is -0.673. The molecule has 1 aliphatic heterocycles. The first-order chi connectivity index (χ1) is 15.0. The van der Waals surface area contributed by atoms with Gasteiger partial charge in [-0.25, -0.2) is 9.38 Å². The molecule has 1 aromatic carbocycles. The van der Waals surface area contributed by atoms with Crippen LogP contribution in [0.3, 0.4) is 0 Å². The molecule has 0 fully saturated rings. The van der Waals surface area contributed by atoms with Crippen LogP contribution in [0.4, 0.5) is 10.2 Å². The molecule has 8 nitrogen and oxygen atoms in total. The molecule has 3 N–H and O–H groups in total. The largest absolute Gasteiger partial charge is 0.394 e. The number of hydrogen-bond donors (Lipinski definition) is 3. The van der Waals surface area contributed by atoms with Crippen molar-refractivity contribution in [1.29, 1.82) is 0 Å². The molecule has 3 heterocycles. The Morgan fingerprint density at radius 1 is 1.29 bits per heavy atom. The smallest absolute Gasteiger partial charge is 0.251 e. The van der Waals surface area contributed by atoms with Crippen LogP contribution in [0.5, 0.6) is 0 Å². The lowest BCUT2D eigenvalue weighted by atomic mass is 10.0. The van der Waals surface area contributed by atoms with Crippen molar-refractivity contribution < 1.29 is 9.50 Å². The first-order valence-corrected chi connectivity index (χ1v) is 9.82. The number of anilines is 1. The number of nitrogens with one attached hydrogen (secondary N) is 2. The van der Waals surface area contributed by atoms with Gasteiger partial charge in [0.25, 0.3) is 5.56 Å². The first-order valence-electron chi connectivity index (χ1n) is 9.82. The van der Waals surface area contributed by atoms with E-state index in [1.807, 2.05) is 19.2 Å². The number of guanidine groups is 1. The number of pyridine rings is 1. The first kappa shape index (κ1) is 20.5. The molecule has 0 amide bonds. The number of aliphatic hydroxyl groups is 1. The predicted molar refractivity (Wildman–Crippen MR) is 117 cm³/mol. The molecule has 31 heavy (non-hydrogen) atoms. The maximum absolute atomic E-state index is 14.0. The second kappa shape index (κ2) is 8.57. The summed E-state index contributed by atoms with van der Waals surface area (Å²) in [5, 5.41) is 20.3. The molecule has 0 saturated carbocycles. The summed E-state index contributed by atoms with van der Waals surface area (Å²) in [6.45, 7) is 1.79. The molecule has 0 spiro atoms. The summed E-state index contributed by atoms with van der Waals surface area (Å²) in [5.41, 5.74) is 2.17. The van der Waals surface area contributed by atoms with E-state index >= 15 is 0 Å². The van der Waals surface area contributed by atoms with Crippen molar-refractivity contribution in [2.75, 3.05) is 18.5 Å². The molecule has 9 heteroatoms. The molecular weight excluding hydrogens is 399 g/mol. The van der Waals surface area contributed by atoms with E-state index in [0.29, 0.717) is 29.2 Å². The van der Waals surface area contributed by atoms with Gasteiger partial charge in [0, 0.05) is 36.6 Å². The fraction of sp³-hybridized carbons (Fsp3) is 0.227. The number of nitrogens with zero attached hydrogens (tertiary/aromatic N) is 4. The maximum Gasteiger partial charge on any atom is 0.251 e. The van der Waals surface area contributed by atoms with E-state index in [1.54, 1.807) is 42.2 Å². The Kier molecular flexibility index (Phi) is 5.68. The van der Waals surface area contributed by atoms with Crippen molar-refractivity contribution in [3.8, 4) is 0 Å². The number of aliphatic imine (C=N–C) groups is 1. The second-order valence-electron chi connectivity index (χ2n) is 7.27. The highest BCUT2D eigenvalue weighted by Crippen LogP contribution is 2.20. The summed E-state index contributed by atoms with van der Waals surface area (Å²) in [6, 6.07) is 9.13. The van der Waals surface area contributed by atoms with E-state index < -0.39 is 6.04 Å². The number of aromatic nitrogens is 3. The van der Waals surface area contributed by atoms with E-state index in [0.717, 1.165) is 11.5 Å². The Balaban J connectivity index is 1.55. The van der Waals surface area contributed by atoms with Crippen LogP contribution in [0, 0.1) is 12.7 Å². The van der Waals surface area contributed by atoms with Crippen molar-refractivity contribution in [3.63, 3.8) is 0 Å². The molecule has 0 unspecified atom stereocenters. The van der Waals surface area contributed by atoms with Crippen LogP contribution >= 0.6 is 0 Å². The third kappa shape index (κ3) is 4.26.